The van der Waals surface area contributed by atoms with Crippen molar-refractivity contribution in [3.63, 3.8) is 0 Å². The Morgan fingerprint density at radius 3 is 2.39 bits per heavy atom. The second kappa shape index (κ2) is 16.7. The predicted octanol–water partition coefficient (Wildman–Crippen LogP) is 2.18. The average Bonchev–Trinajstić information content (AvgIpc) is 3.02. The van der Waals surface area contributed by atoms with Gasteiger partial charge < -0.3 is 37.1 Å². The average molecular weight is 635 g/mol. The lowest BCUT2D eigenvalue weighted by Gasteiger charge is -2.14. The molecule has 0 radical (unpaired) electrons. The maximum atomic E-state index is 12.3. The summed E-state index contributed by atoms with van der Waals surface area (Å²) in [6, 6.07) is 11.8. The quantitative estimate of drug-likeness (QED) is 0.0631. The number of hydrogen-bond donors (Lipinski definition) is 7. The number of aromatic nitrogens is 4. The van der Waals surface area contributed by atoms with Crippen molar-refractivity contribution in [3.8, 4) is 0 Å². The molecule has 1 atom stereocenters. The van der Waals surface area contributed by atoms with Crippen molar-refractivity contribution < 1.29 is 34.1 Å². The molecule has 46 heavy (non-hydrogen) atoms. The van der Waals surface area contributed by atoms with E-state index in [2.05, 4.69) is 30.6 Å². The summed E-state index contributed by atoms with van der Waals surface area (Å²) in [5, 5.41) is 23.2. The van der Waals surface area contributed by atoms with Gasteiger partial charge in [0.05, 0.1) is 30.6 Å². The van der Waals surface area contributed by atoms with Crippen LogP contribution in [0.2, 0.25) is 0 Å². The fraction of sp³-hybridized carbons (Fsp3) is 0.267. The number of H-pyrrole nitrogens is 1. The summed E-state index contributed by atoms with van der Waals surface area (Å²) < 4.78 is 5.03. The van der Waals surface area contributed by atoms with Gasteiger partial charge in [0.1, 0.15) is 6.04 Å². The zero-order chi connectivity index (χ0) is 33.6. The number of carbonyl (C=O) groups excluding carboxylic acids is 2. The van der Waals surface area contributed by atoms with Gasteiger partial charge >= 0.3 is 17.9 Å². The highest BCUT2D eigenvalue weighted by atomic mass is 16.5. The fourth-order valence-electron chi connectivity index (χ4n) is 3.82. The van der Waals surface area contributed by atoms with E-state index in [1.165, 1.54) is 18.3 Å². The Labute approximate surface area is 262 Å². The zero-order valence-corrected chi connectivity index (χ0v) is 24.9. The summed E-state index contributed by atoms with van der Waals surface area (Å²) in [5.41, 5.74) is 13.0. The third-order valence-corrected chi connectivity index (χ3v) is 6.27. The minimum absolute atomic E-state index is 0.0524. The van der Waals surface area contributed by atoms with E-state index in [-0.39, 0.29) is 48.0 Å². The van der Waals surface area contributed by atoms with Crippen LogP contribution in [0, 0.1) is 0 Å². The number of para-hydroxylation sites is 1. The summed E-state index contributed by atoms with van der Waals surface area (Å²) >= 11 is 0. The van der Waals surface area contributed by atoms with Gasteiger partial charge in [0.25, 0.3) is 11.5 Å². The van der Waals surface area contributed by atoms with Crippen molar-refractivity contribution in [2.45, 2.75) is 45.2 Å². The van der Waals surface area contributed by atoms with Crippen molar-refractivity contribution >= 4 is 52.3 Å². The Kier molecular flexibility index (Phi) is 12.5. The Morgan fingerprint density at radius 1 is 1.02 bits per heavy atom. The molecule has 0 aliphatic heterocycles. The molecule has 4 rings (SSSR count). The topological polar surface area (TPSA) is 266 Å². The Hall–Kier alpha value is -6.06. The molecule has 2 heterocycles. The van der Waals surface area contributed by atoms with Gasteiger partial charge in [-0.2, -0.15) is 4.98 Å². The first-order valence-corrected chi connectivity index (χ1v) is 14.1. The van der Waals surface area contributed by atoms with E-state index in [1.54, 1.807) is 36.4 Å². The summed E-state index contributed by atoms with van der Waals surface area (Å²) in [6.45, 7) is 2.74. The van der Waals surface area contributed by atoms with E-state index < -0.39 is 29.4 Å². The minimum atomic E-state index is -1.31. The van der Waals surface area contributed by atoms with Gasteiger partial charge in [-0.25, -0.2) is 19.6 Å². The molecule has 242 valence electrons. The van der Waals surface area contributed by atoms with E-state index in [0.717, 1.165) is 12.8 Å². The number of esters is 1. The maximum absolute atomic E-state index is 12.3. The predicted molar refractivity (Wildman–Crippen MR) is 168 cm³/mol. The molecule has 0 saturated carbocycles. The molecule has 0 fully saturated rings. The SMILES string of the molecule is CCCCOC(=O)c1ccccc1N.Nc1nc2ncc(CNc3ccc(C(=O)NC(CCC(=O)O)C(=O)O)cc3)nc2c(=O)[nH]1. The molecule has 2 aromatic heterocycles. The normalized spacial score (nSPS) is 11.1. The summed E-state index contributed by atoms with van der Waals surface area (Å²) in [5.74, 6) is -3.49. The van der Waals surface area contributed by atoms with Crippen LogP contribution in [0.4, 0.5) is 17.3 Å². The molecule has 1 unspecified atom stereocenters. The van der Waals surface area contributed by atoms with E-state index in [4.69, 9.17) is 26.4 Å². The molecule has 0 bridgehead atoms. The highest BCUT2D eigenvalue weighted by Gasteiger charge is 2.21. The van der Waals surface area contributed by atoms with Crippen LogP contribution in [0.1, 0.15) is 59.0 Å². The van der Waals surface area contributed by atoms with Crippen LogP contribution < -0.4 is 27.7 Å². The monoisotopic (exact) mass is 634 g/mol. The number of carboxylic acids is 2. The third kappa shape index (κ3) is 10.3. The number of nitrogens with one attached hydrogen (secondary N) is 3. The fourth-order valence-corrected chi connectivity index (χ4v) is 3.82. The van der Waals surface area contributed by atoms with Crippen LogP contribution >= 0.6 is 0 Å². The number of fused-ring (bicyclic) bond motifs is 1. The molecule has 0 saturated heterocycles. The van der Waals surface area contributed by atoms with Gasteiger partial charge in [-0.1, -0.05) is 25.5 Å². The van der Waals surface area contributed by atoms with Crippen molar-refractivity contribution in [1.29, 1.82) is 0 Å². The number of rotatable bonds is 13. The molecule has 16 heteroatoms. The maximum Gasteiger partial charge on any atom is 0.340 e. The van der Waals surface area contributed by atoms with E-state index in [1.807, 2.05) is 6.92 Å². The number of anilines is 3. The first-order chi connectivity index (χ1) is 22.0. The van der Waals surface area contributed by atoms with Crippen molar-refractivity contribution in [2.24, 2.45) is 0 Å². The van der Waals surface area contributed by atoms with E-state index in [0.29, 0.717) is 29.2 Å². The standard InChI is InChI=1S/C19H19N7O6.C11H15NO2/c20-19-25-15-14(17(30)26-19)23-11(8-22-15)7-21-10-3-1-9(2-4-10)16(29)24-12(18(31)32)5-6-13(27)28;1-2-3-8-14-11(13)9-6-4-5-7-10(9)12/h1-4,8,12,21H,5-7H2,(H,24,29)(H,27,28)(H,31,32)(H3,20,22,25,26,30);4-7H,2-3,8,12H2,1H3. The summed E-state index contributed by atoms with van der Waals surface area (Å²) in [7, 11) is 0. The van der Waals surface area contributed by atoms with Crippen LogP contribution in [-0.2, 0) is 20.9 Å². The number of hydrogen-bond acceptors (Lipinski definition) is 12. The number of amides is 1. The van der Waals surface area contributed by atoms with E-state index in [9.17, 15) is 24.0 Å². The first kappa shape index (κ1) is 34.4. The number of aromatic amines is 1. The van der Waals surface area contributed by atoms with Crippen LogP contribution in [0.25, 0.3) is 11.2 Å². The van der Waals surface area contributed by atoms with Gasteiger partial charge in [0, 0.05) is 23.4 Å². The lowest BCUT2D eigenvalue weighted by molar-refractivity contribution is -0.140. The van der Waals surface area contributed by atoms with Crippen LogP contribution in [-0.4, -0.2) is 66.6 Å². The lowest BCUT2D eigenvalue weighted by Crippen LogP contribution is -2.41. The summed E-state index contributed by atoms with van der Waals surface area (Å²) in [4.78, 5) is 72.0. The second-order valence-electron chi connectivity index (χ2n) is 9.79. The minimum Gasteiger partial charge on any atom is -0.481 e. The van der Waals surface area contributed by atoms with Gasteiger partial charge in [-0.3, -0.25) is 19.4 Å². The van der Waals surface area contributed by atoms with Crippen molar-refractivity contribution in [1.82, 2.24) is 25.3 Å². The highest BCUT2D eigenvalue weighted by molar-refractivity contribution is 5.97. The molecule has 2 aromatic carbocycles. The van der Waals surface area contributed by atoms with Crippen molar-refractivity contribution in [3.05, 3.63) is 81.9 Å². The van der Waals surface area contributed by atoms with Crippen LogP contribution in [0.5, 0.6) is 0 Å². The number of benzene rings is 2. The molecule has 0 aliphatic rings. The Balaban J connectivity index is 0.000000344. The zero-order valence-electron chi connectivity index (χ0n) is 24.9. The highest BCUT2D eigenvalue weighted by Crippen LogP contribution is 2.13. The number of nitrogen functional groups attached to an aromatic ring is 2. The third-order valence-electron chi connectivity index (χ3n) is 6.27. The van der Waals surface area contributed by atoms with Crippen LogP contribution in [0.15, 0.2) is 59.5 Å². The molecular weight excluding hydrogens is 600 g/mol. The largest absolute Gasteiger partial charge is 0.481 e. The van der Waals surface area contributed by atoms with Crippen LogP contribution in [0.3, 0.4) is 0 Å². The number of carbonyl (C=O) groups is 4. The second-order valence-corrected chi connectivity index (χ2v) is 9.79. The number of ether oxygens (including phenoxy) is 1. The number of carboxylic acid groups (broad SMARTS) is 2. The Morgan fingerprint density at radius 2 is 1.74 bits per heavy atom. The van der Waals surface area contributed by atoms with E-state index >= 15 is 0 Å². The summed E-state index contributed by atoms with van der Waals surface area (Å²) in [6.07, 6.45) is 2.74. The smallest absolute Gasteiger partial charge is 0.340 e. The molecular formula is C30H34N8O8. The number of nitrogens with two attached hydrogens (primary N) is 2. The van der Waals surface area contributed by atoms with Gasteiger partial charge in [0.2, 0.25) is 5.95 Å². The molecule has 0 aliphatic carbocycles. The molecule has 1 amide bonds. The molecule has 9 N–H and O–H groups in total. The molecule has 16 nitrogen and oxygen atoms in total. The lowest BCUT2D eigenvalue weighted by atomic mass is 10.1. The van der Waals surface area contributed by atoms with Crippen molar-refractivity contribution in [2.75, 3.05) is 23.4 Å². The molecule has 0 spiro atoms. The van der Waals surface area contributed by atoms with Gasteiger partial charge in [0.15, 0.2) is 11.2 Å². The number of unbranched alkanes of at least 4 members (excludes halogenated alkanes) is 1. The number of aliphatic carboxylic acids is 2. The Bertz CT molecular complexity index is 1740. The first-order valence-electron chi connectivity index (χ1n) is 14.1. The van der Waals surface area contributed by atoms with Gasteiger partial charge in [-0.15, -0.1) is 0 Å². The van der Waals surface area contributed by atoms with Gasteiger partial charge in [-0.05, 0) is 49.2 Å². The molecule has 4 aromatic rings. The number of nitrogens with zero attached hydrogens (tertiary/aromatic N) is 3.